The molecule has 2 atom stereocenters. The smallest absolute Gasteiger partial charge is 0.0312 e. The summed E-state index contributed by atoms with van der Waals surface area (Å²) in [6.45, 7) is 8.39. The first-order chi connectivity index (χ1) is 9.81. The number of hydrogen-bond donors (Lipinski definition) is 0. The van der Waals surface area contributed by atoms with Gasteiger partial charge in [0.1, 0.15) is 0 Å². The third kappa shape index (κ3) is 3.58. The molecule has 0 unspecified atom stereocenters. The van der Waals surface area contributed by atoms with E-state index in [1.165, 1.54) is 57.4 Å². The van der Waals surface area contributed by atoms with E-state index in [0.29, 0.717) is 0 Å². The first-order valence-electron chi connectivity index (χ1n) is 8.16. The van der Waals surface area contributed by atoms with Gasteiger partial charge in [0, 0.05) is 51.2 Å². The van der Waals surface area contributed by atoms with Crippen LogP contribution in [0.15, 0.2) is 24.5 Å². The van der Waals surface area contributed by atoms with Crippen LogP contribution in [0.3, 0.4) is 0 Å². The number of aromatic nitrogens is 1. The molecule has 2 fully saturated rings. The number of rotatable bonds is 3. The van der Waals surface area contributed by atoms with Crippen molar-refractivity contribution < 1.29 is 0 Å². The Kier molecular flexibility index (Phi) is 4.69. The van der Waals surface area contributed by atoms with Gasteiger partial charge in [0.15, 0.2) is 0 Å². The van der Waals surface area contributed by atoms with Crippen LogP contribution in [0.2, 0.25) is 0 Å². The lowest BCUT2D eigenvalue weighted by Crippen LogP contribution is -2.50. The minimum atomic E-state index is 0.860. The SMILES string of the molecule is C[C@H]1CCC[C@@H](N2CCN(Cc3cccnc3)CC2)C1. The average molecular weight is 273 g/mol. The summed E-state index contributed by atoms with van der Waals surface area (Å²) in [7, 11) is 0. The second-order valence-corrected chi connectivity index (χ2v) is 6.60. The monoisotopic (exact) mass is 273 g/mol. The Morgan fingerprint density at radius 1 is 1.20 bits per heavy atom. The summed E-state index contributed by atoms with van der Waals surface area (Å²) in [5, 5.41) is 0. The maximum absolute atomic E-state index is 4.21. The van der Waals surface area contributed by atoms with E-state index in [0.717, 1.165) is 18.5 Å². The predicted octanol–water partition coefficient (Wildman–Crippen LogP) is 2.78. The molecule has 3 nitrogen and oxygen atoms in total. The fraction of sp³-hybridized carbons (Fsp3) is 0.706. The van der Waals surface area contributed by atoms with Crippen LogP contribution in [0.25, 0.3) is 0 Å². The molecule has 1 saturated heterocycles. The summed E-state index contributed by atoms with van der Waals surface area (Å²) in [6.07, 6.45) is 9.57. The van der Waals surface area contributed by atoms with Crippen LogP contribution in [0.1, 0.15) is 38.2 Å². The molecule has 1 aliphatic heterocycles. The molecule has 1 aromatic heterocycles. The van der Waals surface area contributed by atoms with E-state index >= 15 is 0 Å². The van der Waals surface area contributed by atoms with Gasteiger partial charge in [-0.1, -0.05) is 25.8 Å². The lowest BCUT2D eigenvalue weighted by Gasteiger charge is -2.42. The second-order valence-electron chi connectivity index (χ2n) is 6.60. The molecule has 3 rings (SSSR count). The summed E-state index contributed by atoms with van der Waals surface area (Å²) >= 11 is 0. The molecular formula is C17H27N3. The number of piperazine rings is 1. The van der Waals surface area contributed by atoms with Crippen molar-refractivity contribution in [3.05, 3.63) is 30.1 Å². The number of nitrogens with zero attached hydrogens (tertiary/aromatic N) is 3. The Labute approximate surface area is 123 Å². The Hall–Kier alpha value is -0.930. The minimum Gasteiger partial charge on any atom is -0.298 e. The van der Waals surface area contributed by atoms with Gasteiger partial charge in [-0.05, 0) is 30.4 Å². The van der Waals surface area contributed by atoms with Crippen molar-refractivity contribution in [2.24, 2.45) is 5.92 Å². The molecule has 2 heterocycles. The summed E-state index contributed by atoms with van der Waals surface area (Å²) in [5.41, 5.74) is 1.34. The summed E-state index contributed by atoms with van der Waals surface area (Å²) in [6, 6.07) is 5.08. The highest BCUT2D eigenvalue weighted by Gasteiger charge is 2.27. The maximum Gasteiger partial charge on any atom is 0.0312 e. The van der Waals surface area contributed by atoms with Gasteiger partial charge in [-0.2, -0.15) is 0 Å². The number of hydrogen-bond acceptors (Lipinski definition) is 3. The Morgan fingerprint density at radius 3 is 2.75 bits per heavy atom. The van der Waals surface area contributed by atoms with Gasteiger partial charge >= 0.3 is 0 Å². The summed E-state index contributed by atoms with van der Waals surface area (Å²) < 4.78 is 0. The van der Waals surface area contributed by atoms with Gasteiger partial charge in [0.2, 0.25) is 0 Å². The van der Waals surface area contributed by atoms with E-state index in [-0.39, 0.29) is 0 Å². The molecular weight excluding hydrogens is 246 g/mol. The molecule has 0 bridgehead atoms. The van der Waals surface area contributed by atoms with E-state index in [2.05, 4.69) is 27.8 Å². The molecule has 1 aromatic rings. The maximum atomic E-state index is 4.21. The molecule has 20 heavy (non-hydrogen) atoms. The van der Waals surface area contributed by atoms with E-state index in [9.17, 15) is 0 Å². The van der Waals surface area contributed by atoms with E-state index < -0.39 is 0 Å². The topological polar surface area (TPSA) is 19.4 Å². The van der Waals surface area contributed by atoms with Crippen molar-refractivity contribution in [3.63, 3.8) is 0 Å². The van der Waals surface area contributed by atoms with Crippen LogP contribution in [0.4, 0.5) is 0 Å². The summed E-state index contributed by atoms with van der Waals surface area (Å²) in [5.74, 6) is 0.933. The molecule has 110 valence electrons. The lowest BCUT2D eigenvalue weighted by atomic mass is 9.86. The molecule has 1 aliphatic carbocycles. The standard InChI is InChI=1S/C17H27N3/c1-15-4-2-6-17(12-15)20-10-8-19(9-11-20)14-16-5-3-7-18-13-16/h3,5,7,13,15,17H,2,4,6,8-12,14H2,1H3/t15-,17+/m0/s1. The fourth-order valence-corrected chi connectivity index (χ4v) is 3.77. The molecule has 0 spiro atoms. The molecule has 1 saturated carbocycles. The van der Waals surface area contributed by atoms with Crippen molar-refractivity contribution >= 4 is 0 Å². The predicted molar refractivity (Wildman–Crippen MR) is 82.5 cm³/mol. The number of pyridine rings is 1. The van der Waals surface area contributed by atoms with Crippen LogP contribution < -0.4 is 0 Å². The first kappa shape index (κ1) is 14.0. The van der Waals surface area contributed by atoms with Gasteiger partial charge in [0.25, 0.3) is 0 Å². The zero-order chi connectivity index (χ0) is 13.8. The summed E-state index contributed by atoms with van der Waals surface area (Å²) in [4.78, 5) is 9.52. The molecule has 0 radical (unpaired) electrons. The first-order valence-corrected chi connectivity index (χ1v) is 8.16. The highest BCUT2D eigenvalue weighted by molar-refractivity contribution is 5.08. The fourth-order valence-electron chi connectivity index (χ4n) is 3.77. The van der Waals surface area contributed by atoms with Crippen LogP contribution in [0.5, 0.6) is 0 Å². The van der Waals surface area contributed by atoms with Crippen molar-refractivity contribution in [3.8, 4) is 0 Å². The van der Waals surface area contributed by atoms with Crippen molar-refractivity contribution in [2.75, 3.05) is 26.2 Å². The average Bonchev–Trinajstić information content (AvgIpc) is 2.49. The quantitative estimate of drug-likeness (QED) is 0.844. The van der Waals surface area contributed by atoms with Gasteiger partial charge < -0.3 is 0 Å². The van der Waals surface area contributed by atoms with Crippen molar-refractivity contribution in [2.45, 2.75) is 45.2 Å². The molecule has 0 aromatic carbocycles. The minimum absolute atomic E-state index is 0.860. The largest absolute Gasteiger partial charge is 0.298 e. The van der Waals surface area contributed by atoms with Crippen LogP contribution in [-0.2, 0) is 6.54 Å². The Morgan fingerprint density at radius 2 is 2.05 bits per heavy atom. The van der Waals surface area contributed by atoms with Gasteiger partial charge in [-0.25, -0.2) is 0 Å². The Balaban J connectivity index is 1.47. The molecule has 2 aliphatic rings. The van der Waals surface area contributed by atoms with E-state index in [1.807, 2.05) is 18.5 Å². The third-order valence-electron chi connectivity index (χ3n) is 4.96. The molecule has 3 heteroatoms. The highest BCUT2D eigenvalue weighted by Crippen LogP contribution is 2.28. The van der Waals surface area contributed by atoms with Crippen molar-refractivity contribution in [1.29, 1.82) is 0 Å². The second kappa shape index (κ2) is 6.68. The van der Waals surface area contributed by atoms with Crippen LogP contribution in [-0.4, -0.2) is 47.0 Å². The van der Waals surface area contributed by atoms with Gasteiger partial charge in [-0.3, -0.25) is 14.8 Å². The molecule has 0 amide bonds. The molecule has 0 N–H and O–H groups in total. The highest BCUT2D eigenvalue weighted by atomic mass is 15.3. The van der Waals surface area contributed by atoms with Gasteiger partial charge in [0.05, 0.1) is 0 Å². The van der Waals surface area contributed by atoms with Crippen LogP contribution >= 0.6 is 0 Å². The lowest BCUT2D eigenvalue weighted by molar-refractivity contribution is 0.0659. The van der Waals surface area contributed by atoms with E-state index in [4.69, 9.17) is 0 Å². The van der Waals surface area contributed by atoms with E-state index in [1.54, 1.807) is 0 Å². The van der Waals surface area contributed by atoms with Crippen LogP contribution in [0, 0.1) is 5.92 Å². The Bertz CT molecular complexity index is 398. The third-order valence-corrected chi connectivity index (χ3v) is 4.96. The van der Waals surface area contributed by atoms with Crippen molar-refractivity contribution in [1.82, 2.24) is 14.8 Å². The zero-order valence-corrected chi connectivity index (χ0v) is 12.7. The normalized spacial score (nSPS) is 29.4. The van der Waals surface area contributed by atoms with Gasteiger partial charge in [-0.15, -0.1) is 0 Å². The zero-order valence-electron chi connectivity index (χ0n) is 12.7.